The van der Waals surface area contributed by atoms with Crippen LogP contribution in [0.4, 0.5) is 28.4 Å². The van der Waals surface area contributed by atoms with Crippen molar-refractivity contribution < 1.29 is 0 Å². The molecule has 8 rings (SSSR count). The van der Waals surface area contributed by atoms with Crippen molar-refractivity contribution in [1.29, 1.82) is 0 Å². The molecule has 0 saturated heterocycles. The highest BCUT2D eigenvalue weighted by molar-refractivity contribution is 7.20. The van der Waals surface area contributed by atoms with Crippen LogP contribution in [-0.2, 0) is 18.3 Å². The largest absolute Gasteiger partial charge is 0.339 e. The predicted octanol–water partition coefficient (Wildman–Crippen LogP) is 20.4. The van der Waals surface area contributed by atoms with Gasteiger partial charge >= 0.3 is 0 Å². The summed E-state index contributed by atoms with van der Waals surface area (Å²) < 4.78 is 0. The number of hydrogen-bond donors (Lipinski definition) is 0. The van der Waals surface area contributed by atoms with Crippen molar-refractivity contribution in [2.24, 2.45) is 0 Å². The molecule has 354 valence electrons. The van der Waals surface area contributed by atoms with E-state index in [9.17, 15) is 0 Å². The summed E-state index contributed by atoms with van der Waals surface area (Å²) >= 11 is 1.91. The average Bonchev–Trinajstić information content (AvgIpc) is 3.79. The minimum Gasteiger partial charge on any atom is -0.339 e. The van der Waals surface area contributed by atoms with E-state index in [0.29, 0.717) is 6.04 Å². The van der Waals surface area contributed by atoms with Crippen LogP contribution in [0.25, 0.3) is 43.1 Å². The summed E-state index contributed by atoms with van der Waals surface area (Å²) in [5.41, 5.74) is 17.6. The van der Waals surface area contributed by atoms with Gasteiger partial charge in [0.15, 0.2) is 0 Å². The standard InChI is InChI=1S/C66H74N2S/c1-8-11-13-17-23-50-29-39-57(40-30-50)67(49(4)10-3)58-45-47-61(48-46-58)68(59-41-31-51(32-42-59)24-18-14-12-9-2)60-43-35-55(36-44-60)65-63(53-27-21-16-22-28-53)62(52-25-19-15-20-26-52)64(69-65)54-33-37-56(38-34-54)66(5,6)7/h15-16,19-22,25-49H,8-14,17-18,23-24H2,1-7H3. The number of benzene rings is 7. The quantitative estimate of drug-likeness (QED) is 0.0663. The van der Waals surface area contributed by atoms with Crippen molar-refractivity contribution in [2.45, 2.75) is 131 Å². The fraction of sp³-hybridized carbons (Fsp3) is 0.303. The van der Waals surface area contributed by atoms with Crippen molar-refractivity contribution in [3.05, 3.63) is 199 Å². The smallest absolute Gasteiger partial charge is 0.0463 e. The number of unbranched alkanes of at least 4 members (excludes halogenated alkanes) is 6. The Morgan fingerprint density at radius 2 is 0.783 bits per heavy atom. The highest BCUT2D eigenvalue weighted by Gasteiger charge is 2.25. The van der Waals surface area contributed by atoms with Gasteiger partial charge in [-0.25, -0.2) is 0 Å². The van der Waals surface area contributed by atoms with Crippen molar-refractivity contribution in [3.8, 4) is 43.1 Å². The van der Waals surface area contributed by atoms with Gasteiger partial charge in [-0.3, -0.25) is 0 Å². The summed E-state index contributed by atoms with van der Waals surface area (Å²) in [5, 5.41) is 0. The third kappa shape index (κ3) is 12.0. The van der Waals surface area contributed by atoms with Crippen LogP contribution in [0.2, 0.25) is 0 Å². The van der Waals surface area contributed by atoms with Crippen molar-refractivity contribution in [1.82, 2.24) is 0 Å². The number of thiophene rings is 1. The minimum absolute atomic E-state index is 0.0817. The molecule has 0 saturated carbocycles. The third-order valence-electron chi connectivity index (χ3n) is 13.9. The summed E-state index contributed by atoms with van der Waals surface area (Å²) in [5.74, 6) is 0. The Labute approximate surface area is 419 Å². The maximum Gasteiger partial charge on any atom is 0.0463 e. The molecule has 0 bridgehead atoms. The van der Waals surface area contributed by atoms with E-state index in [1.54, 1.807) is 0 Å². The molecule has 0 spiro atoms. The highest BCUT2D eigenvalue weighted by atomic mass is 32.1. The first kappa shape index (κ1) is 49.3. The molecular weight excluding hydrogens is 853 g/mol. The van der Waals surface area contributed by atoms with Crippen LogP contribution in [0.1, 0.15) is 123 Å². The fourth-order valence-electron chi connectivity index (χ4n) is 9.68. The number of rotatable bonds is 21. The first-order valence-electron chi connectivity index (χ1n) is 26.0. The van der Waals surface area contributed by atoms with Gasteiger partial charge in [0.1, 0.15) is 0 Å². The molecule has 2 nitrogen and oxygen atoms in total. The first-order valence-corrected chi connectivity index (χ1v) is 26.8. The Balaban J connectivity index is 1.19. The molecular formula is C66H74N2S. The lowest BCUT2D eigenvalue weighted by Crippen LogP contribution is -2.27. The van der Waals surface area contributed by atoms with Gasteiger partial charge in [-0.2, -0.15) is 0 Å². The van der Waals surface area contributed by atoms with Gasteiger partial charge < -0.3 is 9.80 Å². The van der Waals surface area contributed by atoms with Crippen molar-refractivity contribution >= 4 is 39.8 Å². The highest BCUT2D eigenvalue weighted by Crippen LogP contribution is 2.52. The SMILES string of the molecule is CCCCCCc1ccc(N(c2ccc(-c3sc(-c4ccc(C(C)(C)C)cc4)c(-c4ccccc4)c3-c3ccccc3)cc2)c2ccc(N(c3ccc(CCCCCC)cc3)C(C)CC)cc2)cc1. The van der Waals surface area contributed by atoms with Gasteiger partial charge in [0.05, 0.1) is 0 Å². The minimum atomic E-state index is 0.0817. The van der Waals surface area contributed by atoms with E-state index in [4.69, 9.17) is 0 Å². The Kier molecular flexibility index (Phi) is 16.7. The van der Waals surface area contributed by atoms with Crippen molar-refractivity contribution in [2.75, 3.05) is 9.80 Å². The van der Waals surface area contributed by atoms with Gasteiger partial charge in [-0.05, 0) is 144 Å². The van der Waals surface area contributed by atoms with Gasteiger partial charge in [-0.1, -0.05) is 201 Å². The molecule has 8 aromatic rings. The number of aryl methyl sites for hydroxylation is 2. The monoisotopic (exact) mass is 927 g/mol. The van der Waals surface area contributed by atoms with Crippen LogP contribution in [0.5, 0.6) is 0 Å². The van der Waals surface area contributed by atoms with Crippen LogP contribution in [-0.4, -0.2) is 6.04 Å². The second-order valence-electron chi connectivity index (χ2n) is 20.0. The molecule has 1 unspecified atom stereocenters. The normalized spacial score (nSPS) is 12.0. The lowest BCUT2D eigenvalue weighted by molar-refractivity contribution is 0.590. The maximum absolute atomic E-state index is 2.51. The molecule has 69 heavy (non-hydrogen) atoms. The molecule has 0 aliphatic carbocycles. The predicted molar refractivity (Wildman–Crippen MR) is 303 cm³/mol. The van der Waals surface area contributed by atoms with Crippen molar-refractivity contribution in [3.63, 3.8) is 0 Å². The summed E-state index contributed by atoms with van der Waals surface area (Å²) in [6, 6.07) is 68.9. The summed E-state index contributed by atoms with van der Waals surface area (Å²) in [4.78, 5) is 7.51. The number of anilines is 5. The molecule has 3 heteroatoms. The number of nitrogens with zero attached hydrogens (tertiary/aromatic N) is 2. The molecule has 0 fully saturated rings. The Bertz CT molecular complexity index is 2780. The van der Waals surface area contributed by atoms with E-state index in [0.717, 1.165) is 36.3 Å². The third-order valence-corrected chi connectivity index (χ3v) is 15.2. The second-order valence-corrected chi connectivity index (χ2v) is 21.1. The van der Waals surface area contributed by atoms with Crippen LogP contribution >= 0.6 is 11.3 Å². The van der Waals surface area contributed by atoms with E-state index in [2.05, 4.69) is 240 Å². The molecule has 0 amide bonds. The summed E-state index contributed by atoms with van der Waals surface area (Å²) in [7, 11) is 0. The Morgan fingerprint density at radius 3 is 1.19 bits per heavy atom. The topological polar surface area (TPSA) is 6.48 Å². The number of hydrogen-bond acceptors (Lipinski definition) is 3. The molecule has 1 aromatic heterocycles. The molecule has 7 aromatic carbocycles. The molecule has 0 aliphatic rings. The molecule has 1 heterocycles. The molecule has 0 aliphatic heterocycles. The summed E-state index contributed by atoms with van der Waals surface area (Å²) in [6.45, 7) is 16.1. The fourth-order valence-corrected chi connectivity index (χ4v) is 11.0. The second kappa shape index (κ2) is 23.4. The zero-order valence-corrected chi connectivity index (χ0v) is 43.3. The van der Waals surface area contributed by atoms with E-state index in [1.165, 1.54) is 123 Å². The van der Waals surface area contributed by atoms with Crippen LogP contribution in [0.15, 0.2) is 182 Å². The lowest BCUT2D eigenvalue weighted by Gasteiger charge is -2.32. The van der Waals surface area contributed by atoms with E-state index >= 15 is 0 Å². The Morgan fingerprint density at radius 1 is 0.406 bits per heavy atom. The van der Waals surface area contributed by atoms with Crippen LogP contribution < -0.4 is 9.80 Å². The van der Waals surface area contributed by atoms with E-state index in [-0.39, 0.29) is 5.41 Å². The van der Waals surface area contributed by atoms with Crippen LogP contribution in [0, 0.1) is 0 Å². The molecule has 0 N–H and O–H groups in total. The zero-order chi connectivity index (χ0) is 48.2. The summed E-state index contributed by atoms with van der Waals surface area (Å²) in [6.07, 6.45) is 13.6. The van der Waals surface area contributed by atoms with E-state index < -0.39 is 0 Å². The van der Waals surface area contributed by atoms with Crippen LogP contribution in [0.3, 0.4) is 0 Å². The average molecular weight is 927 g/mol. The van der Waals surface area contributed by atoms with Gasteiger partial charge in [0.25, 0.3) is 0 Å². The maximum atomic E-state index is 2.51. The Hall–Kier alpha value is -6.16. The first-order chi connectivity index (χ1) is 33.7. The zero-order valence-electron chi connectivity index (χ0n) is 42.5. The molecule has 0 radical (unpaired) electrons. The van der Waals surface area contributed by atoms with Gasteiger partial charge in [0, 0.05) is 55.4 Å². The van der Waals surface area contributed by atoms with Gasteiger partial charge in [0.2, 0.25) is 0 Å². The van der Waals surface area contributed by atoms with E-state index in [1.807, 2.05) is 11.3 Å². The molecule has 1 atom stereocenters. The van der Waals surface area contributed by atoms with Gasteiger partial charge in [-0.15, -0.1) is 11.3 Å². The lowest BCUT2D eigenvalue weighted by atomic mass is 9.86.